The van der Waals surface area contributed by atoms with E-state index in [0.717, 1.165) is 11.3 Å². The van der Waals surface area contributed by atoms with E-state index in [1.54, 1.807) is 24.4 Å². The van der Waals surface area contributed by atoms with Gasteiger partial charge in [-0.25, -0.2) is 0 Å². The molecule has 0 radical (unpaired) electrons. The zero-order chi connectivity index (χ0) is 11.6. The molecule has 1 N–H and O–H groups in total. The van der Waals surface area contributed by atoms with Crippen molar-refractivity contribution in [2.24, 2.45) is 0 Å². The maximum atomic E-state index is 10.8. The van der Waals surface area contributed by atoms with Crippen LogP contribution < -0.4 is 0 Å². The van der Waals surface area contributed by atoms with Gasteiger partial charge in [-0.15, -0.1) is 0 Å². The van der Waals surface area contributed by atoms with Gasteiger partial charge >= 0.3 is 0 Å². The quantitative estimate of drug-likeness (QED) is 0.808. The van der Waals surface area contributed by atoms with Crippen molar-refractivity contribution in [3.63, 3.8) is 0 Å². The van der Waals surface area contributed by atoms with Gasteiger partial charge in [0, 0.05) is 11.8 Å². The first-order valence-electron chi connectivity index (χ1n) is 4.56. The highest BCUT2D eigenvalue weighted by molar-refractivity contribution is 7.85. The number of benzene rings is 1. The van der Waals surface area contributed by atoms with Crippen molar-refractivity contribution in [3.05, 3.63) is 48.7 Å². The van der Waals surface area contributed by atoms with Crippen LogP contribution in [0.4, 0.5) is 0 Å². The van der Waals surface area contributed by atoms with Crippen LogP contribution in [0, 0.1) is 0 Å². The molecule has 0 saturated heterocycles. The summed E-state index contributed by atoms with van der Waals surface area (Å²) in [7, 11) is -4.12. The van der Waals surface area contributed by atoms with Gasteiger partial charge in [-0.3, -0.25) is 9.54 Å². The van der Waals surface area contributed by atoms with Gasteiger partial charge in [-0.05, 0) is 24.3 Å². The molecule has 1 heterocycles. The van der Waals surface area contributed by atoms with Gasteiger partial charge in [0.2, 0.25) is 0 Å². The van der Waals surface area contributed by atoms with Crippen molar-refractivity contribution in [2.45, 2.75) is 4.90 Å². The monoisotopic (exact) mass is 235 g/mol. The average molecular weight is 235 g/mol. The van der Waals surface area contributed by atoms with E-state index in [0.29, 0.717) is 0 Å². The standard InChI is InChI=1S/C11H9NO3S/c13-16(14,15)10-6-4-9(5-7-10)11-3-1-2-8-12-11/h1-8H,(H,13,14,15). The molecule has 0 amide bonds. The molecule has 4 nitrogen and oxygen atoms in total. The normalized spacial score (nSPS) is 11.3. The van der Waals surface area contributed by atoms with Crippen LogP contribution in [0.1, 0.15) is 0 Å². The summed E-state index contributed by atoms with van der Waals surface area (Å²) in [6.07, 6.45) is 1.66. The third-order valence-corrected chi connectivity index (χ3v) is 2.98. The van der Waals surface area contributed by atoms with Crippen LogP contribution in [0.3, 0.4) is 0 Å². The summed E-state index contributed by atoms with van der Waals surface area (Å²) in [5.74, 6) is 0. The lowest BCUT2D eigenvalue weighted by Crippen LogP contribution is -1.97. The van der Waals surface area contributed by atoms with Crippen LogP contribution in [-0.4, -0.2) is 18.0 Å². The number of aromatic nitrogens is 1. The predicted octanol–water partition coefficient (Wildman–Crippen LogP) is 2.00. The van der Waals surface area contributed by atoms with Gasteiger partial charge in [-0.1, -0.05) is 18.2 Å². The summed E-state index contributed by atoms with van der Waals surface area (Å²) in [6, 6.07) is 11.4. The Hall–Kier alpha value is -1.72. The molecule has 16 heavy (non-hydrogen) atoms. The second-order valence-corrected chi connectivity index (χ2v) is 4.64. The molecule has 2 aromatic rings. The van der Waals surface area contributed by atoms with E-state index in [1.807, 2.05) is 12.1 Å². The van der Waals surface area contributed by atoms with Crippen molar-refractivity contribution in [1.82, 2.24) is 4.98 Å². The molecule has 0 saturated carbocycles. The first kappa shape index (κ1) is 10.8. The molecule has 5 heteroatoms. The molecule has 0 spiro atoms. The lowest BCUT2D eigenvalue weighted by atomic mass is 10.1. The molecule has 82 valence electrons. The molecule has 0 aliphatic carbocycles. The van der Waals surface area contributed by atoms with Crippen LogP contribution in [0.2, 0.25) is 0 Å². The maximum Gasteiger partial charge on any atom is 0.294 e. The largest absolute Gasteiger partial charge is 0.294 e. The third kappa shape index (κ3) is 2.26. The number of nitrogens with zero attached hydrogens (tertiary/aromatic N) is 1. The van der Waals surface area contributed by atoms with Gasteiger partial charge in [-0.2, -0.15) is 8.42 Å². The second-order valence-electron chi connectivity index (χ2n) is 3.21. The third-order valence-electron chi connectivity index (χ3n) is 2.11. The molecule has 0 aliphatic rings. The van der Waals surface area contributed by atoms with Crippen LogP contribution in [0.15, 0.2) is 53.6 Å². The van der Waals surface area contributed by atoms with E-state index < -0.39 is 10.1 Å². The summed E-state index contributed by atoms with van der Waals surface area (Å²) >= 11 is 0. The molecule has 0 unspecified atom stereocenters. The molecule has 1 aromatic heterocycles. The Morgan fingerprint density at radius 1 is 1.00 bits per heavy atom. The van der Waals surface area contributed by atoms with E-state index in [4.69, 9.17) is 4.55 Å². The fourth-order valence-corrected chi connectivity index (χ4v) is 1.81. The zero-order valence-corrected chi connectivity index (χ0v) is 9.05. The van der Waals surface area contributed by atoms with E-state index in [2.05, 4.69) is 4.98 Å². The van der Waals surface area contributed by atoms with Gasteiger partial charge in [0.15, 0.2) is 0 Å². The Labute approximate surface area is 93.3 Å². The minimum atomic E-state index is -4.12. The van der Waals surface area contributed by atoms with Gasteiger partial charge in [0.05, 0.1) is 10.6 Å². The molecule has 0 bridgehead atoms. The molecular weight excluding hydrogens is 226 g/mol. The van der Waals surface area contributed by atoms with E-state index >= 15 is 0 Å². The average Bonchev–Trinajstić information content (AvgIpc) is 2.29. The minimum Gasteiger partial charge on any atom is -0.282 e. The van der Waals surface area contributed by atoms with Crippen LogP contribution >= 0.6 is 0 Å². The van der Waals surface area contributed by atoms with Crippen molar-refractivity contribution in [2.75, 3.05) is 0 Å². The lowest BCUT2D eigenvalue weighted by molar-refractivity contribution is 0.483. The number of hydrogen-bond donors (Lipinski definition) is 1. The highest BCUT2D eigenvalue weighted by Crippen LogP contribution is 2.18. The van der Waals surface area contributed by atoms with Gasteiger partial charge in [0.25, 0.3) is 10.1 Å². The van der Waals surface area contributed by atoms with E-state index in [-0.39, 0.29) is 4.90 Å². The molecule has 1 aromatic carbocycles. The molecule has 0 aliphatic heterocycles. The van der Waals surface area contributed by atoms with Crippen LogP contribution in [0.25, 0.3) is 11.3 Å². The summed E-state index contributed by atoms with van der Waals surface area (Å²) in [5.41, 5.74) is 1.55. The van der Waals surface area contributed by atoms with Crippen molar-refractivity contribution in [3.8, 4) is 11.3 Å². The first-order chi connectivity index (χ1) is 7.57. The summed E-state index contributed by atoms with van der Waals surface area (Å²) in [5, 5.41) is 0. The second kappa shape index (κ2) is 4.03. The fourth-order valence-electron chi connectivity index (χ4n) is 1.33. The van der Waals surface area contributed by atoms with Crippen LogP contribution in [-0.2, 0) is 10.1 Å². The number of rotatable bonds is 2. The Bertz CT molecular complexity index is 576. The summed E-state index contributed by atoms with van der Waals surface area (Å²) in [6.45, 7) is 0. The smallest absolute Gasteiger partial charge is 0.282 e. The highest BCUT2D eigenvalue weighted by atomic mass is 32.2. The Morgan fingerprint density at radius 2 is 1.69 bits per heavy atom. The Balaban J connectivity index is 2.41. The minimum absolute atomic E-state index is 0.118. The number of hydrogen-bond acceptors (Lipinski definition) is 3. The van der Waals surface area contributed by atoms with Gasteiger partial charge in [0.1, 0.15) is 0 Å². The summed E-state index contributed by atoms with van der Waals surface area (Å²) in [4.78, 5) is 4.01. The zero-order valence-electron chi connectivity index (χ0n) is 8.24. The van der Waals surface area contributed by atoms with E-state index in [9.17, 15) is 8.42 Å². The van der Waals surface area contributed by atoms with Crippen molar-refractivity contribution in [1.29, 1.82) is 0 Å². The summed E-state index contributed by atoms with van der Waals surface area (Å²) < 4.78 is 30.4. The number of pyridine rings is 1. The van der Waals surface area contributed by atoms with Crippen molar-refractivity contribution >= 4 is 10.1 Å². The molecule has 2 rings (SSSR count). The Kier molecular flexibility index (Phi) is 2.72. The van der Waals surface area contributed by atoms with Crippen LogP contribution in [0.5, 0.6) is 0 Å². The fraction of sp³-hybridized carbons (Fsp3) is 0. The van der Waals surface area contributed by atoms with Gasteiger partial charge < -0.3 is 0 Å². The molecule has 0 atom stereocenters. The SMILES string of the molecule is O=S(=O)(O)c1ccc(-c2ccccn2)cc1. The van der Waals surface area contributed by atoms with Crippen molar-refractivity contribution < 1.29 is 13.0 Å². The lowest BCUT2D eigenvalue weighted by Gasteiger charge is -2.01. The Morgan fingerprint density at radius 3 is 2.19 bits per heavy atom. The highest BCUT2D eigenvalue weighted by Gasteiger charge is 2.08. The first-order valence-corrected chi connectivity index (χ1v) is 6.00. The molecular formula is C11H9NO3S. The topological polar surface area (TPSA) is 67.3 Å². The molecule has 0 fully saturated rings. The van der Waals surface area contributed by atoms with E-state index in [1.165, 1.54) is 12.1 Å². The maximum absolute atomic E-state index is 10.8. The predicted molar refractivity (Wildman–Crippen MR) is 59.5 cm³/mol.